The molecular weight excluding hydrogens is 388 g/mol. The van der Waals surface area contributed by atoms with Crippen LogP contribution in [-0.4, -0.2) is 38.2 Å². The van der Waals surface area contributed by atoms with Gasteiger partial charge in [0.05, 0.1) is 22.4 Å². The quantitative estimate of drug-likeness (QED) is 0.656. The van der Waals surface area contributed by atoms with Gasteiger partial charge in [0.2, 0.25) is 11.8 Å². The molecule has 1 atom stereocenters. The first-order valence-corrected chi connectivity index (χ1v) is 10.9. The van der Waals surface area contributed by atoms with Crippen LogP contribution in [0.3, 0.4) is 0 Å². The van der Waals surface area contributed by atoms with Crippen LogP contribution in [0.2, 0.25) is 0 Å². The normalized spacial score (nSPS) is 12.1. The van der Waals surface area contributed by atoms with Gasteiger partial charge in [0.15, 0.2) is 0 Å². The second-order valence-electron chi connectivity index (χ2n) is 6.96. The summed E-state index contributed by atoms with van der Waals surface area (Å²) in [6.45, 7) is 7.58. The number of benzene rings is 1. The Morgan fingerprint density at radius 2 is 1.76 bits per heavy atom. The van der Waals surface area contributed by atoms with Crippen LogP contribution < -0.4 is 16.2 Å². The molecule has 2 amide bonds. The average Bonchev–Trinajstić information content (AvgIpc) is 2.93. The monoisotopic (exact) mass is 418 g/mol. The molecule has 0 aliphatic carbocycles. The Kier molecular flexibility index (Phi) is 8.13. The Hall–Kier alpha value is -2.48. The highest BCUT2D eigenvalue weighted by atomic mass is 32.2. The van der Waals surface area contributed by atoms with Crippen molar-refractivity contribution in [1.29, 1.82) is 0 Å². The van der Waals surface area contributed by atoms with E-state index in [9.17, 15) is 14.4 Å². The maximum Gasteiger partial charge on any atom is 0.295 e. The number of para-hydroxylation sites is 1. The van der Waals surface area contributed by atoms with Gasteiger partial charge in [-0.2, -0.15) is 0 Å². The van der Waals surface area contributed by atoms with Gasteiger partial charge in [-0.25, -0.2) is 4.68 Å². The molecule has 0 saturated carbocycles. The van der Waals surface area contributed by atoms with Crippen molar-refractivity contribution < 1.29 is 9.59 Å². The molecule has 158 valence electrons. The highest BCUT2D eigenvalue weighted by Gasteiger charge is 2.22. The molecule has 2 rings (SSSR count). The lowest BCUT2D eigenvalue weighted by Gasteiger charge is -2.16. The molecule has 0 bridgehead atoms. The fourth-order valence-corrected chi connectivity index (χ4v) is 3.67. The summed E-state index contributed by atoms with van der Waals surface area (Å²) in [6.07, 6.45) is 1.76. The average molecular weight is 419 g/mol. The number of carbonyl (C=O) groups excluding carboxylic acids is 2. The van der Waals surface area contributed by atoms with Gasteiger partial charge in [-0.3, -0.25) is 19.1 Å². The molecule has 0 spiro atoms. The van der Waals surface area contributed by atoms with Crippen LogP contribution in [0.4, 0.5) is 5.69 Å². The Balaban J connectivity index is 2.05. The minimum atomic E-state index is -0.466. The maximum atomic E-state index is 12.9. The van der Waals surface area contributed by atoms with Gasteiger partial charge < -0.3 is 10.6 Å². The Bertz CT molecular complexity index is 901. The van der Waals surface area contributed by atoms with Crippen molar-refractivity contribution in [2.45, 2.75) is 51.8 Å². The number of hydrogen-bond donors (Lipinski definition) is 2. The van der Waals surface area contributed by atoms with Crippen LogP contribution in [0.15, 0.2) is 35.1 Å². The third kappa shape index (κ3) is 5.53. The van der Waals surface area contributed by atoms with Crippen LogP contribution in [0, 0.1) is 6.92 Å². The van der Waals surface area contributed by atoms with Crippen molar-refractivity contribution in [3.63, 3.8) is 0 Å². The van der Waals surface area contributed by atoms with Gasteiger partial charge in [0.25, 0.3) is 5.56 Å². The Labute approximate surface area is 175 Å². The van der Waals surface area contributed by atoms with E-state index in [1.54, 1.807) is 25.6 Å². The molecule has 0 radical (unpaired) electrons. The zero-order valence-corrected chi connectivity index (χ0v) is 18.5. The fourth-order valence-electron chi connectivity index (χ4n) is 2.98. The second-order valence-corrected chi connectivity index (χ2v) is 8.29. The number of nitrogens with one attached hydrogen (secondary N) is 2. The van der Waals surface area contributed by atoms with Gasteiger partial charge in [-0.1, -0.05) is 32.0 Å². The van der Waals surface area contributed by atoms with Crippen LogP contribution in [0.1, 0.15) is 39.3 Å². The number of thioether (sulfide) groups is 1. The summed E-state index contributed by atoms with van der Waals surface area (Å²) in [5.41, 5.74) is 1.36. The molecule has 0 saturated heterocycles. The second kappa shape index (κ2) is 10.3. The number of amides is 2. The standard InChI is InChI=1S/C21H30N4O3S/c1-6-16(7-2)22-18(26)13-29-15(4)20(27)23-19-14(3)24(5)25(21(19)28)17-11-9-8-10-12-17/h8-12,15-16H,6-7,13H2,1-5H3,(H,22,26)(H,23,27). The molecule has 1 aromatic carbocycles. The van der Waals surface area contributed by atoms with E-state index >= 15 is 0 Å². The first kappa shape index (κ1) is 22.8. The number of carbonyl (C=O) groups is 2. The summed E-state index contributed by atoms with van der Waals surface area (Å²) in [6, 6.07) is 9.43. The Morgan fingerprint density at radius 3 is 2.34 bits per heavy atom. The predicted octanol–water partition coefficient (Wildman–Crippen LogP) is 2.85. The summed E-state index contributed by atoms with van der Waals surface area (Å²) in [7, 11) is 1.78. The van der Waals surface area contributed by atoms with E-state index in [0.29, 0.717) is 5.69 Å². The van der Waals surface area contributed by atoms with E-state index < -0.39 is 5.25 Å². The van der Waals surface area contributed by atoms with Crippen molar-refractivity contribution in [2.75, 3.05) is 11.1 Å². The highest BCUT2D eigenvalue weighted by Crippen LogP contribution is 2.17. The minimum Gasteiger partial charge on any atom is -0.353 e. The van der Waals surface area contributed by atoms with E-state index in [2.05, 4.69) is 10.6 Å². The molecule has 8 heteroatoms. The number of hydrogen-bond acceptors (Lipinski definition) is 4. The van der Waals surface area contributed by atoms with E-state index in [0.717, 1.165) is 18.5 Å². The third-order valence-corrected chi connectivity index (χ3v) is 6.13. The molecule has 0 aliphatic heterocycles. The van der Waals surface area contributed by atoms with Gasteiger partial charge in [-0.05, 0) is 38.8 Å². The minimum absolute atomic E-state index is 0.0781. The smallest absolute Gasteiger partial charge is 0.295 e. The van der Waals surface area contributed by atoms with E-state index in [4.69, 9.17) is 0 Å². The van der Waals surface area contributed by atoms with Crippen molar-refractivity contribution in [2.24, 2.45) is 7.05 Å². The van der Waals surface area contributed by atoms with E-state index in [1.807, 2.05) is 44.2 Å². The first-order valence-electron chi connectivity index (χ1n) is 9.85. The van der Waals surface area contributed by atoms with Gasteiger partial charge in [0.1, 0.15) is 5.69 Å². The lowest BCUT2D eigenvalue weighted by molar-refractivity contribution is -0.119. The predicted molar refractivity (Wildman–Crippen MR) is 119 cm³/mol. The van der Waals surface area contributed by atoms with Crippen LogP contribution >= 0.6 is 11.8 Å². The van der Waals surface area contributed by atoms with Crippen molar-refractivity contribution in [1.82, 2.24) is 14.7 Å². The Morgan fingerprint density at radius 1 is 1.14 bits per heavy atom. The van der Waals surface area contributed by atoms with Gasteiger partial charge in [0, 0.05) is 13.1 Å². The summed E-state index contributed by atoms with van der Waals surface area (Å²) in [4.78, 5) is 37.5. The fraction of sp³-hybridized carbons (Fsp3) is 0.476. The lowest BCUT2D eigenvalue weighted by Crippen LogP contribution is -2.36. The summed E-state index contributed by atoms with van der Waals surface area (Å²) in [5, 5.41) is 5.24. The summed E-state index contributed by atoms with van der Waals surface area (Å²) >= 11 is 1.25. The number of nitrogens with zero attached hydrogens (tertiary/aromatic N) is 2. The molecule has 2 aromatic rings. The third-order valence-electron chi connectivity index (χ3n) is 4.99. The van der Waals surface area contributed by atoms with Gasteiger partial charge >= 0.3 is 0 Å². The molecule has 1 unspecified atom stereocenters. The van der Waals surface area contributed by atoms with Crippen LogP contribution in [0.5, 0.6) is 0 Å². The van der Waals surface area contributed by atoms with Crippen LogP contribution in [-0.2, 0) is 16.6 Å². The molecule has 29 heavy (non-hydrogen) atoms. The van der Waals surface area contributed by atoms with Gasteiger partial charge in [-0.15, -0.1) is 11.8 Å². The number of aromatic nitrogens is 2. The SMILES string of the molecule is CCC(CC)NC(=O)CSC(C)C(=O)Nc1c(C)n(C)n(-c2ccccc2)c1=O. The van der Waals surface area contributed by atoms with E-state index in [-0.39, 0.29) is 34.9 Å². The summed E-state index contributed by atoms with van der Waals surface area (Å²) in [5.74, 6) is -0.172. The topological polar surface area (TPSA) is 85.1 Å². The molecule has 2 N–H and O–H groups in total. The largest absolute Gasteiger partial charge is 0.353 e. The zero-order chi connectivity index (χ0) is 21.6. The first-order chi connectivity index (χ1) is 13.8. The zero-order valence-electron chi connectivity index (χ0n) is 17.7. The van der Waals surface area contributed by atoms with Crippen molar-refractivity contribution in [3.05, 3.63) is 46.4 Å². The molecule has 0 aliphatic rings. The number of anilines is 1. The molecular formula is C21H30N4O3S. The molecule has 0 fully saturated rings. The number of rotatable bonds is 9. The molecule has 7 nitrogen and oxygen atoms in total. The van der Waals surface area contributed by atoms with Crippen LogP contribution in [0.25, 0.3) is 5.69 Å². The van der Waals surface area contributed by atoms with E-state index in [1.165, 1.54) is 16.4 Å². The molecule has 1 heterocycles. The van der Waals surface area contributed by atoms with Crippen molar-refractivity contribution in [3.8, 4) is 5.69 Å². The highest BCUT2D eigenvalue weighted by molar-refractivity contribution is 8.01. The van der Waals surface area contributed by atoms with Crippen molar-refractivity contribution >= 4 is 29.3 Å². The summed E-state index contributed by atoms with van der Waals surface area (Å²) < 4.78 is 3.24. The maximum absolute atomic E-state index is 12.9. The molecule has 1 aromatic heterocycles. The lowest BCUT2D eigenvalue weighted by atomic mass is 10.2.